The zero-order valence-electron chi connectivity index (χ0n) is 13.0. The molecule has 1 aromatic heterocycles. The molecule has 0 radical (unpaired) electrons. The summed E-state index contributed by atoms with van der Waals surface area (Å²) >= 11 is 0. The lowest BCUT2D eigenvalue weighted by Crippen LogP contribution is -2.48. The molecule has 0 fully saturated rings. The lowest BCUT2D eigenvalue weighted by atomic mass is 10.1. The third-order valence-electron chi connectivity index (χ3n) is 2.14. The third kappa shape index (κ3) is 8.48. The number of aliphatic imine (C=N–C) groups is 1. The predicted octanol–water partition coefficient (Wildman–Crippen LogP) is 0.576. The molecule has 0 aliphatic carbocycles. The summed E-state index contributed by atoms with van der Waals surface area (Å²) in [5.74, 6) is 1.44. The Morgan fingerprint density at radius 3 is 2.48 bits per heavy atom. The number of guanidine groups is 1. The van der Waals surface area contributed by atoms with Crippen LogP contribution in [0.3, 0.4) is 0 Å². The fraction of sp³-hybridized carbons (Fsp3) is 0.667. The largest absolute Gasteiger partial charge is 0.350 e. The summed E-state index contributed by atoms with van der Waals surface area (Å²) in [6.07, 6.45) is 0. The van der Waals surface area contributed by atoms with E-state index >= 15 is 0 Å². The van der Waals surface area contributed by atoms with Crippen molar-refractivity contribution in [2.45, 2.75) is 39.8 Å². The lowest BCUT2D eigenvalue weighted by molar-refractivity contribution is -0.121. The van der Waals surface area contributed by atoms with E-state index in [1.54, 1.807) is 14.0 Å². The fourth-order valence-corrected chi connectivity index (χ4v) is 1.42. The van der Waals surface area contributed by atoms with Crippen LogP contribution in [-0.2, 0) is 11.3 Å². The van der Waals surface area contributed by atoms with Crippen molar-refractivity contribution in [2.24, 2.45) is 4.99 Å². The number of hydrogen-bond donors (Lipinski definition) is 3. The highest BCUT2D eigenvalue weighted by atomic mass is 127. The maximum Gasteiger partial charge on any atom is 0.239 e. The third-order valence-corrected chi connectivity index (χ3v) is 2.14. The Morgan fingerprint density at radius 2 is 2.00 bits per heavy atom. The Morgan fingerprint density at radius 1 is 1.33 bits per heavy atom. The van der Waals surface area contributed by atoms with Gasteiger partial charge in [0.2, 0.25) is 11.8 Å². The SMILES string of the molecule is CN=C(NCC(=O)NC(C)(C)C)NCc1noc(C)n1.I. The number of rotatable bonds is 4. The van der Waals surface area contributed by atoms with Crippen LogP contribution in [0.15, 0.2) is 9.52 Å². The summed E-state index contributed by atoms with van der Waals surface area (Å²) < 4.78 is 4.86. The minimum atomic E-state index is -0.252. The smallest absolute Gasteiger partial charge is 0.239 e. The molecule has 0 aromatic carbocycles. The second-order valence-corrected chi connectivity index (χ2v) is 5.31. The first kappa shape index (κ1) is 19.6. The van der Waals surface area contributed by atoms with Crippen LogP contribution in [0.4, 0.5) is 0 Å². The van der Waals surface area contributed by atoms with Crippen LogP contribution in [0.1, 0.15) is 32.5 Å². The number of carbonyl (C=O) groups is 1. The molecule has 0 atom stereocenters. The van der Waals surface area contributed by atoms with Gasteiger partial charge in [0.05, 0.1) is 13.1 Å². The van der Waals surface area contributed by atoms with Crippen LogP contribution >= 0.6 is 24.0 Å². The molecule has 120 valence electrons. The van der Waals surface area contributed by atoms with E-state index in [2.05, 4.69) is 31.1 Å². The normalized spacial score (nSPS) is 11.6. The molecule has 1 heterocycles. The van der Waals surface area contributed by atoms with Gasteiger partial charge in [-0.3, -0.25) is 9.79 Å². The highest BCUT2D eigenvalue weighted by molar-refractivity contribution is 14.0. The van der Waals surface area contributed by atoms with E-state index in [-0.39, 0.29) is 42.0 Å². The van der Waals surface area contributed by atoms with Crippen molar-refractivity contribution >= 4 is 35.8 Å². The molecule has 1 amide bonds. The number of nitrogens with zero attached hydrogens (tertiary/aromatic N) is 3. The molecule has 0 unspecified atom stereocenters. The predicted molar refractivity (Wildman–Crippen MR) is 90.5 cm³/mol. The molecule has 9 heteroatoms. The van der Waals surface area contributed by atoms with Gasteiger partial charge in [0.15, 0.2) is 11.8 Å². The van der Waals surface area contributed by atoms with E-state index in [0.717, 1.165) is 0 Å². The molecule has 21 heavy (non-hydrogen) atoms. The summed E-state index contributed by atoms with van der Waals surface area (Å²) in [6, 6.07) is 0. The van der Waals surface area contributed by atoms with Gasteiger partial charge in [-0.15, -0.1) is 24.0 Å². The molecule has 0 saturated carbocycles. The van der Waals surface area contributed by atoms with Crippen molar-refractivity contribution in [3.63, 3.8) is 0 Å². The van der Waals surface area contributed by atoms with E-state index in [1.165, 1.54) is 0 Å². The Kier molecular flexibility index (Phi) is 8.22. The number of aromatic nitrogens is 2. The summed E-state index contributed by atoms with van der Waals surface area (Å²) in [7, 11) is 1.62. The van der Waals surface area contributed by atoms with Crippen molar-refractivity contribution in [3.8, 4) is 0 Å². The van der Waals surface area contributed by atoms with Crippen LogP contribution in [-0.4, -0.2) is 41.1 Å². The minimum absolute atomic E-state index is 0. The van der Waals surface area contributed by atoms with E-state index < -0.39 is 0 Å². The van der Waals surface area contributed by atoms with Gasteiger partial charge in [-0.05, 0) is 20.8 Å². The van der Waals surface area contributed by atoms with Gasteiger partial charge in [-0.25, -0.2) is 0 Å². The molecule has 0 bridgehead atoms. The Labute approximate surface area is 141 Å². The first-order valence-corrected chi connectivity index (χ1v) is 6.35. The average Bonchev–Trinajstić information content (AvgIpc) is 2.73. The van der Waals surface area contributed by atoms with E-state index in [4.69, 9.17) is 4.52 Å². The van der Waals surface area contributed by atoms with E-state index in [1.807, 2.05) is 20.8 Å². The monoisotopic (exact) mass is 410 g/mol. The van der Waals surface area contributed by atoms with Crippen LogP contribution in [0.5, 0.6) is 0 Å². The summed E-state index contributed by atoms with van der Waals surface area (Å²) in [4.78, 5) is 19.7. The van der Waals surface area contributed by atoms with Crippen molar-refractivity contribution < 1.29 is 9.32 Å². The van der Waals surface area contributed by atoms with Gasteiger partial charge in [0.25, 0.3) is 0 Å². The molecule has 8 nitrogen and oxygen atoms in total. The fourth-order valence-electron chi connectivity index (χ4n) is 1.42. The number of hydrogen-bond acceptors (Lipinski definition) is 5. The van der Waals surface area contributed by atoms with Gasteiger partial charge in [0.1, 0.15) is 0 Å². The van der Waals surface area contributed by atoms with E-state index in [0.29, 0.717) is 24.2 Å². The second kappa shape index (κ2) is 8.80. The summed E-state index contributed by atoms with van der Waals surface area (Å²) in [6.45, 7) is 8.02. The molecule has 3 N–H and O–H groups in total. The van der Waals surface area contributed by atoms with Crippen molar-refractivity contribution in [1.82, 2.24) is 26.1 Å². The number of amides is 1. The van der Waals surface area contributed by atoms with Crippen LogP contribution < -0.4 is 16.0 Å². The number of carbonyl (C=O) groups excluding carboxylic acids is 1. The van der Waals surface area contributed by atoms with Gasteiger partial charge >= 0.3 is 0 Å². The second-order valence-electron chi connectivity index (χ2n) is 5.31. The van der Waals surface area contributed by atoms with Gasteiger partial charge < -0.3 is 20.5 Å². The molecular formula is C12H23IN6O2. The zero-order valence-corrected chi connectivity index (χ0v) is 15.3. The number of aryl methyl sites for hydroxylation is 1. The van der Waals surface area contributed by atoms with Crippen LogP contribution in [0.2, 0.25) is 0 Å². The Bertz CT molecular complexity index is 480. The molecule has 1 aromatic rings. The first-order chi connectivity index (χ1) is 9.30. The topological polar surface area (TPSA) is 104 Å². The average molecular weight is 410 g/mol. The standard InChI is InChI=1S/C12H22N6O2.HI/c1-8-16-9(18-20-8)6-14-11(13-5)15-7-10(19)17-12(2,3)4;/h6-7H2,1-5H3,(H,17,19)(H2,13,14,15);1H. The van der Waals surface area contributed by atoms with Crippen LogP contribution in [0, 0.1) is 6.92 Å². The molecule has 1 rings (SSSR count). The molecule has 0 saturated heterocycles. The molecule has 0 spiro atoms. The Balaban J connectivity index is 0.00000400. The van der Waals surface area contributed by atoms with E-state index in [9.17, 15) is 4.79 Å². The van der Waals surface area contributed by atoms with Gasteiger partial charge in [-0.1, -0.05) is 5.16 Å². The summed E-state index contributed by atoms with van der Waals surface area (Å²) in [5, 5.41) is 12.5. The van der Waals surface area contributed by atoms with Crippen molar-refractivity contribution in [1.29, 1.82) is 0 Å². The maximum atomic E-state index is 11.7. The van der Waals surface area contributed by atoms with Crippen molar-refractivity contribution in [2.75, 3.05) is 13.6 Å². The number of halogens is 1. The maximum absolute atomic E-state index is 11.7. The van der Waals surface area contributed by atoms with Gasteiger partial charge in [-0.2, -0.15) is 4.98 Å². The Hall–Kier alpha value is -1.39. The lowest BCUT2D eigenvalue weighted by Gasteiger charge is -2.21. The highest BCUT2D eigenvalue weighted by Crippen LogP contribution is 1.97. The first-order valence-electron chi connectivity index (χ1n) is 6.35. The van der Waals surface area contributed by atoms with Gasteiger partial charge in [0, 0.05) is 19.5 Å². The summed E-state index contributed by atoms with van der Waals surface area (Å²) in [5.41, 5.74) is -0.252. The molecule has 0 aliphatic rings. The quantitative estimate of drug-likeness (QED) is 0.381. The molecule has 0 aliphatic heterocycles. The van der Waals surface area contributed by atoms with Crippen molar-refractivity contribution in [3.05, 3.63) is 11.7 Å². The number of nitrogens with one attached hydrogen (secondary N) is 3. The minimum Gasteiger partial charge on any atom is -0.350 e. The molecular weight excluding hydrogens is 387 g/mol. The van der Waals surface area contributed by atoms with Crippen LogP contribution in [0.25, 0.3) is 0 Å². The zero-order chi connectivity index (χ0) is 15.2. The highest BCUT2D eigenvalue weighted by Gasteiger charge is 2.13.